The Morgan fingerprint density at radius 2 is 1.81 bits per heavy atom. The maximum absolute atomic E-state index is 5.79. The molecule has 2 N–H and O–H groups in total. The first kappa shape index (κ1) is 17.9. The molecular weight excluding hydrogens is 280 g/mol. The largest absolute Gasteiger partial charge is 0.496 e. The first-order valence-corrected chi connectivity index (χ1v) is 8.22. The molecule has 1 rings (SSSR count). The van der Waals surface area contributed by atoms with Gasteiger partial charge in [-0.15, -0.1) is 0 Å². The first-order valence-electron chi connectivity index (χ1n) is 7.81. The summed E-state index contributed by atoms with van der Waals surface area (Å²) in [7, 11) is 1.64. The van der Waals surface area contributed by atoms with Gasteiger partial charge in [-0.2, -0.15) is 0 Å². The van der Waals surface area contributed by atoms with Gasteiger partial charge in [0.1, 0.15) is 10.7 Å². The van der Waals surface area contributed by atoms with E-state index in [-0.39, 0.29) is 0 Å². The summed E-state index contributed by atoms with van der Waals surface area (Å²) in [6.45, 7) is 7.70. The van der Waals surface area contributed by atoms with Crippen LogP contribution in [0.3, 0.4) is 0 Å². The standard InChI is InChI=1S/C17H28N2OS/c1-4-6-10-19(11-7-5-2)13-14-8-9-16(20-3)15(12-14)17(18)21/h8-9,12H,4-7,10-11,13H2,1-3H3,(H2,18,21). The maximum atomic E-state index is 5.79. The van der Waals surface area contributed by atoms with Crippen LogP contribution in [-0.2, 0) is 6.54 Å². The minimum atomic E-state index is 0.391. The van der Waals surface area contributed by atoms with E-state index in [4.69, 9.17) is 22.7 Å². The van der Waals surface area contributed by atoms with Crippen molar-refractivity contribution < 1.29 is 4.74 Å². The van der Waals surface area contributed by atoms with Gasteiger partial charge in [0, 0.05) is 6.54 Å². The molecule has 3 nitrogen and oxygen atoms in total. The van der Waals surface area contributed by atoms with Gasteiger partial charge in [-0.1, -0.05) is 45.0 Å². The van der Waals surface area contributed by atoms with Crippen LogP contribution in [0.2, 0.25) is 0 Å². The summed E-state index contributed by atoms with van der Waals surface area (Å²) in [5.41, 5.74) is 7.86. The Morgan fingerprint density at radius 1 is 1.19 bits per heavy atom. The van der Waals surface area contributed by atoms with Crippen molar-refractivity contribution in [2.24, 2.45) is 5.73 Å². The molecule has 0 aliphatic rings. The van der Waals surface area contributed by atoms with Crippen molar-refractivity contribution in [2.75, 3.05) is 20.2 Å². The number of ether oxygens (including phenoxy) is 1. The molecule has 0 aliphatic carbocycles. The van der Waals surface area contributed by atoms with Crippen LogP contribution >= 0.6 is 12.2 Å². The van der Waals surface area contributed by atoms with Crippen molar-refractivity contribution >= 4 is 17.2 Å². The predicted molar refractivity (Wildman–Crippen MR) is 94.0 cm³/mol. The van der Waals surface area contributed by atoms with Gasteiger partial charge in [-0.3, -0.25) is 4.90 Å². The van der Waals surface area contributed by atoms with Gasteiger partial charge < -0.3 is 10.5 Å². The van der Waals surface area contributed by atoms with Crippen LogP contribution in [0, 0.1) is 0 Å². The van der Waals surface area contributed by atoms with Crippen LogP contribution < -0.4 is 10.5 Å². The van der Waals surface area contributed by atoms with Crippen LogP contribution in [0.15, 0.2) is 18.2 Å². The quantitative estimate of drug-likeness (QED) is 0.668. The Balaban J connectivity index is 2.82. The average molecular weight is 308 g/mol. The SMILES string of the molecule is CCCCN(CCCC)Cc1ccc(OC)c(C(N)=S)c1. The third-order valence-corrected chi connectivity index (χ3v) is 3.81. The highest BCUT2D eigenvalue weighted by Gasteiger charge is 2.10. The van der Waals surface area contributed by atoms with Crippen molar-refractivity contribution in [2.45, 2.75) is 46.1 Å². The summed E-state index contributed by atoms with van der Waals surface area (Å²) in [6.07, 6.45) is 4.93. The predicted octanol–water partition coefficient (Wildman–Crippen LogP) is 3.73. The first-order chi connectivity index (χ1) is 10.1. The van der Waals surface area contributed by atoms with Crippen molar-refractivity contribution in [3.05, 3.63) is 29.3 Å². The number of unbranched alkanes of at least 4 members (excludes halogenated alkanes) is 2. The highest BCUT2D eigenvalue weighted by atomic mass is 32.1. The Morgan fingerprint density at radius 3 is 2.29 bits per heavy atom. The average Bonchev–Trinajstić information content (AvgIpc) is 2.49. The summed E-state index contributed by atoms with van der Waals surface area (Å²) in [4.78, 5) is 2.90. The fourth-order valence-corrected chi connectivity index (χ4v) is 2.50. The van der Waals surface area contributed by atoms with Crippen molar-refractivity contribution in [3.8, 4) is 5.75 Å². The molecular formula is C17H28N2OS. The molecule has 0 spiro atoms. The lowest BCUT2D eigenvalue weighted by molar-refractivity contribution is 0.257. The second-order valence-electron chi connectivity index (χ2n) is 5.38. The molecule has 0 aromatic heterocycles. The van der Waals surface area contributed by atoms with Crippen molar-refractivity contribution in [1.82, 2.24) is 4.90 Å². The number of methoxy groups -OCH3 is 1. The van der Waals surface area contributed by atoms with Gasteiger partial charge in [0.25, 0.3) is 0 Å². The molecule has 0 atom stereocenters. The zero-order valence-corrected chi connectivity index (χ0v) is 14.3. The summed E-state index contributed by atoms with van der Waals surface area (Å²) >= 11 is 5.11. The molecule has 0 amide bonds. The minimum absolute atomic E-state index is 0.391. The molecule has 0 saturated carbocycles. The zero-order chi connectivity index (χ0) is 15.7. The van der Waals surface area contributed by atoms with E-state index in [1.807, 2.05) is 6.07 Å². The number of hydrogen-bond acceptors (Lipinski definition) is 3. The molecule has 0 saturated heterocycles. The molecule has 21 heavy (non-hydrogen) atoms. The van der Waals surface area contributed by atoms with Crippen LogP contribution in [0.5, 0.6) is 5.75 Å². The number of rotatable bonds is 10. The molecule has 118 valence electrons. The van der Waals surface area contributed by atoms with Crippen LogP contribution in [0.25, 0.3) is 0 Å². The second-order valence-corrected chi connectivity index (χ2v) is 5.82. The highest BCUT2D eigenvalue weighted by molar-refractivity contribution is 7.80. The molecule has 0 unspecified atom stereocenters. The Labute approximate surface area is 134 Å². The Bertz CT molecular complexity index is 440. The van der Waals surface area contributed by atoms with E-state index in [1.165, 1.54) is 31.2 Å². The third-order valence-electron chi connectivity index (χ3n) is 3.59. The minimum Gasteiger partial charge on any atom is -0.496 e. The van der Waals surface area contributed by atoms with E-state index in [2.05, 4.69) is 30.9 Å². The Hall–Kier alpha value is -1.13. The van der Waals surface area contributed by atoms with E-state index in [0.717, 1.165) is 30.9 Å². The lowest BCUT2D eigenvalue weighted by Gasteiger charge is -2.22. The normalized spacial score (nSPS) is 10.9. The van der Waals surface area contributed by atoms with E-state index >= 15 is 0 Å². The van der Waals surface area contributed by atoms with E-state index in [0.29, 0.717) is 4.99 Å². The molecule has 0 fully saturated rings. The topological polar surface area (TPSA) is 38.5 Å². The number of benzene rings is 1. The van der Waals surface area contributed by atoms with E-state index in [9.17, 15) is 0 Å². The van der Waals surface area contributed by atoms with Crippen molar-refractivity contribution in [3.63, 3.8) is 0 Å². The van der Waals surface area contributed by atoms with Crippen LogP contribution in [0.4, 0.5) is 0 Å². The molecule has 0 aliphatic heterocycles. The number of thiocarbonyl (C=S) groups is 1. The van der Waals surface area contributed by atoms with Crippen molar-refractivity contribution in [1.29, 1.82) is 0 Å². The summed E-state index contributed by atoms with van der Waals surface area (Å²) in [5, 5.41) is 0. The molecule has 0 radical (unpaired) electrons. The van der Waals surface area contributed by atoms with Gasteiger partial charge in [0.05, 0.1) is 12.7 Å². The van der Waals surface area contributed by atoms with Crippen LogP contribution in [0.1, 0.15) is 50.7 Å². The van der Waals surface area contributed by atoms with E-state index < -0.39 is 0 Å². The smallest absolute Gasteiger partial charge is 0.129 e. The number of hydrogen-bond donors (Lipinski definition) is 1. The second kappa shape index (κ2) is 9.74. The van der Waals surface area contributed by atoms with Gasteiger partial charge in [-0.05, 0) is 43.6 Å². The fourth-order valence-electron chi connectivity index (χ4n) is 2.34. The monoisotopic (exact) mass is 308 g/mol. The number of nitrogens with zero attached hydrogens (tertiary/aromatic N) is 1. The van der Waals surface area contributed by atoms with Gasteiger partial charge in [-0.25, -0.2) is 0 Å². The summed E-state index contributed by atoms with van der Waals surface area (Å²) < 4.78 is 5.32. The lowest BCUT2D eigenvalue weighted by atomic mass is 10.1. The van der Waals surface area contributed by atoms with E-state index in [1.54, 1.807) is 7.11 Å². The molecule has 1 aromatic rings. The third kappa shape index (κ3) is 6.02. The highest BCUT2D eigenvalue weighted by Crippen LogP contribution is 2.21. The van der Waals surface area contributed by atoms with Gasteiger partial charge in [0.2, 0.25) is 0 Å². The molecule has 4 heteroatoms. The zero-order valence-electron chi connectivity index (χ0n) is 13.5. The molecule has 0 heterocycles. The molecule has 0 bridgehead atoms. The lowest BCUT2D eigenvalue weighted by Crippen LogP contribution is -2.25. The van der Waals surface area contributed by atoms with Gasteiger partial charge in [0.15, 0.2) is 0 Å². The maximum Gasteiger partial charge on any atom is 0.129 e. The van der Waals surface area contributed by atoms with Crippen LogP contribution in [-0.4, -0.2) is 30.1 Å². The Kier molecular flexibility index (Phi) is 8.31. The summed E-state index contributed by atoms with van der Waals surface area (Å²) in [6, 6.07) is 6.12. The number of nitrogens with two attached hydrogens (primary N) is 1. The summed E-state index contributed by atoms with van der Waals surface area (Å²) in [5.74, 6) is 0.750. The van der Waals surface area contributed by atoms with Gasteiger partial charge >= 0.3 is 0 Å². The molecule has 1 aromatic carbocycles. The fraction of sp³-hybridized carbons (Fsp3) is 0.588.